The van der Waals surface area contributed by atoms with Crippen molar-refractivity contribution in [2.24, 2.45) is 0 Å². The van der Waals surface area contributed by atoms with Crippen LogP contribution in [-0.4, -0.2) is 17.5 Å². The van der Waals surface area contributed by atoms with Crippen molar-refractivity contribution in [2.75, 3.05) is 6.61 Å². The molecule has 20 heavy (non-hydrogen) atoms. The molecule has 0 aliphatic heterocycles. The average Bonchev–Trinajstić information content (AvgIpc) is 2.48. The minimum Gasteiger partial charge on any atom is -0.462 e. The summed E-state index contributed by atoms with van der Waals surface area (Å²) in [5, 5.41) is 10.7. The maximum Gasteiger partial charge on any atom is 0.338 e. The van der Waals surface area contributed by atoms with Crippen LogP contribution in [0.4, 0.5) is 5.69 Å². The van der Waals surface area contributed by atoms with Crippen molar-refractivity contribution in [1.29, 1.82) is 0 Å². The summed E-state index contributed by atoms with van der Waals surface area (Å²) in [6.45, 7) is 2.07. The third kappa shape index (κ3) is 3.00. The highest BCUT2D eigenvalue weighted by Crippen LogP contribution is 2.24. The van der Waals surface area contributed by atoms with Crippen LogP contribution in [0, 0.1) is 10.1 Å². The van der Waals surface area contributed by atoms with Gasteiger partial charge in [-0.05, 0) is 30.2 Å². The molecule has 0 bridgehead atoms. The van der Waals surface area contributed by atoms with Gasteiger partial charge in [0.2, 0.25) is 0 Å². The van der Waals surface area contributed by atoms with Gasteiger partial charge in [0.1, 0.15) is 0 Å². The maximum absolute atomic E-state index is 11.5. The lowest BCUT2D eigenvalue weighted by Gasteiger charge is -2.04. The fraction of sp³-hybridized carbons (Fsp3) is 0.133. The molecule has 2 rings (SSSR count). The van der Waals surface area contributed by atoms with E-state index in [0.29, 0.717) is 12.2 Å². The molecule has 5 nitrogen and oxygen atoms in total. The summed E-state index contributed by atoms with van der Waals surface area (Å²) in [5.74, 6) is -0.377. The first-order valence-electron chi connectivity index (χ1n) is 6.14. The third-order valence-electron chi connectivity index (χ3n) is 2.79. The molecule has 0 N–H and O–H groups in total. The molecular formula is C15H13NO4. The van der Waals surface area contributed by atoms with Gasteiger partial charge < -0.3 is 4.74 Å². The van der Waals surface area contributed by atoms with E-state index in [9.17, 15) is 14.9 Å². The summed E-state index contributed by atoms with van der Waals surface area (Å²) in [4.78, 5) is 21.8. The zero-order valence-corrected chi connectivity index (χ0v) is 10.9. The summed E-state index contributed by atoms with van der Waals surface area (Å²) in [7, 11) is 0. The molecule has 0 aliphatic rings. The molecule has 0 spiro atoms. The van der Waals surface area contributed by atoms with E-state index in [4.69, 9.17) is 4.74 Å². The largest absolute Gasteiger partial charge is 0.462 e. The van der Waals surface area contributed by atoms with Crippen molar-refractivity contribution >= 4 is 11.7 Å². The smallest absolute Gasteiger partial charge is 0.338 e. The number of nitro groups is 1. The van der Waals surface area contributed by atoms with Crippen LogP contribution in [0.25, 0.3) is 11.1 Å². The number of non-ortho nitro benzene ring substituents is 1. The standard InChI is InChI=1S/C15H13NO4/c1-2-20-15(17)12-8-6-11(7-9-12)13-4-3-5-14(10-13)16(18)19/h3-10H,2H2,1H3. The molecule has 0 atom stereocenters. The van der Waals surface area contributed by atoms with Gasteiger partial charge >= 0.3 is 5.97 Å². The Balaban J connectivity index is 2.28. The number of nitrogens with zero attached hydrogens (tertiary/aromatic N) is 1. The van der Waals surface area contributed by atoms with Gasteiger partial charge in [0.25, 0.3) is 5.69 Å². The van der Waals surface area contributed by atoms with Crippen LogP contribution in [0.15, 0.2) is 48.5 Å². The van der Waals surface area contributed by atoms with Gasteiger partial charge in [-0.2, -0.15) is 0 Å². The molecule has 5 heteroatoms. The summed E-state index contributed by atoms with van der Waals surface area (Å²) < 4.78 is 4.90. The Morgan fingerprint density at radius 1 is 1.15 bits per heavy atom. The van der Waals surface area contributed by atoms with Crippen LogP contribution < -0.4 is 0 Å². The van der Waals surface area contributed by atoms with Gasteiger partial charge in [-0.25, -0.2) is 4.79 Å². The van der Waals surface area contributed by atoms with Gasteiger partial charge in [0.15, 0.2) is 0 Å². The van der Waals surface area contributed by atoms with Gasteiger partial charge in [-0.1, -0.05) is 24.3 Å². The first-order valence-corrected chi connectivity index (χ1v) is 6.14. The number of carbonyl (C=O) groups excluding carboxylic acids is 1. The zero-order chi connectivity index (χ0) is 14.5. The topological polar surface area (TPSA) is 69.4 Å². The molecule has 0 amide bonds. The van der Waals surface area contributed by atoms with E-state index in [1.165, 1.54) is 12.1 Å². The van der Waals surface area contributed by atoms with Crippen LogP contribution in [-0.2, 0) is 4.74 Å². The lowest BCUT2D eigenvalue weighted by atomic mass is 10.0. The second kappa shape index (κ2) is 5.97. The van der Waals surface area contributed by atoms with Crippen LogP contribution in [0.3, 0.4) is 0 Å². The normalized spacial score (nSPS) is 10.1. The van der Waals surface area contributed by atoms with E-state index >= 15 is 0 Å². The van der Waals surface area contributed by atoms with E-state index in [-0.39, 0.29) is 11.7 Å². The summed E-state index contributed by atoms with van der Waals surface area (Å²) in [6, 6.07) is 13.1. The number of hydrogen-bond donors (Lipinski definition) is 0. The Morgan fingerprint density at radius 3 is 2.45 bits per heavy atom. The number of nitro benzene ring substituents is 1. The third-order valence-corrected chi connectivity index (χ3v) is 2.79. The molecule has 102 valence electrons. The SMILES string of the molecule is CCOC(=O)c1ccc(-c2cccc([N+](=O)[O-])c2)cc1. The zero-order valence-electron chi connectivity index (χ0n) is 10.9. The molecular weight excluding hydrogens is 258 g/mol. The number of esters is 1. The molecule has 0 saturated carbocycles. The second-order valence-corrected chi connectivity index (χ2v) is 4.11. The van der Waals surface area contributed by atoms with E-state index in [1.807, 2.05) is 0 Å². The van der Waals surface area contributed by atoms with Crippen molar-refractivity contribution < 1.29 is 14.5 Å². The average molecular weight is 271 g/mol. The molecule has 0 aromatic heterocycles. The predicted octanol–water partition coefficient (Wildman–Crippen LogP) is 3.44. The molecule has 0 fully saturated rings. The fourth-order valence-corrected chi connectivity index (χ4v) is 1.81. The highest BCUT2D eigenvalue weighted by atomic mass is 16.6. The number of rotatable bonds is 4. The molecule has 0 saturated heterocycles. The van der Waals surface area contributed by atoms with Crippen molar-refractivity contribution in [1.82, 2.24) is 0 Å². The Hall–Kier alpha value is -2.69. The van der Waals surface area contributed by atoms with Crippen molar-refractivity contribution in [2.45, 2.75) is 6.92 Å². The monoisotopic (exact) mass is 271 g/mol. The Morgan fingerprint density at radius 2 is 1.85 bits per heavy atom. The predicted molar refractivity (Wildman–Crippen MR) is 74.5 cm³/mol. The first kappa shape index (κ1) is 13.7. The van der Waals surface area contributed by atoms with Crippen LogP contribution in [0.5, 0.6) is 0 Å². The Bertz CT molecular complexity index is 635. The van der Waals surface area contributed by atoms with Gasteiger partial charge in [-0.15, -0.1) is 0 Å². The molecule has 2 aromatic rings. The van der Waals surface area contributed by atoms with Gasteiger partial charge in [-0.3, -0.25) is 10.1 Å². The Labute approximate surface area is 116 Å². The van der Waals surface area contributed by atoms with E-state index in [0.717, 1.165) is 11.1 Å². The number of hydrogen-bond acceptors (Lipinski definition) is 4. The highest BCUT2D eigenvalue weighted by molar-refractivity contribution is 5.90. The summed E-state index contributed by atoms with van der Waals surface area (Å²) >= 11 is 0. The molecule has 0 aliphatic carbocycles. The van der Waals surface area contributed by atoms with Gasteiger partial charge in [0, 0.05) is 12.1 Å². The summed E-state index contributed by atoms with van der Waals surface area (Å²) in [5.41, 5.74) is 2.04. The van der Waals surface area contributed by atoms with E-state index < -0.39 is 4.92 Å². The van der Waals surface area contributed by atoms with Gasteiger partial charge in [0.05, 0.1) is 17.1 Å². The van der Waals surface area contributed by atoms with Crippen molar-refractivity contribution in [3.8, 4) is 11.1 Å². The van der Waals surface area contributed by atoms with E-state index in [1.54, 1.807) is 43.3 Å². The van der Waals surface area contributed by atoms with E-state index in [2.05, 4.69) is 0 Å². The molecule has 0 radical (unpaired) electrons. The van der Waals surface area contributed by atoms with Crippen LogP contribution in [0.2, 0.25) is 0 Å². The minimum absolute atomic E-state index is 0.0389. The lowest BCUT2D eigenvalue weighted by molar-refractivity contribution is -0.384. The van der Waals surface area contributed by atoms with Crippen molar-refractivity contribution in [3.05, 3.63) is 64.2 Å². The molecule has 2 aromatic carbocycles. The number of ether oxygens (including phenoxy) is 1. The first-order chi connectivity index (χ1) is 9.61. The van der Waals surface area contributed by atoms with Crippen LogP contribution >= 0.6 is 0 Å². The molecule has 0 unspecified atom stereocenters. The second-order valence-electron chi connectivity index (χ2n) is 4.11. The quantitative estimate of drug-likeness (QED) is 0.485. The number of benzene rings is 2. The minimum atomic E-state index is -0.434. The highest BCUT2D eigenvalue weighted by Gasteiger charge is 2.09. The Kier molecular flexibility index (Phi) is 4.10. The fourth-order valence-electron chi connectivity index (χ4n) is 1.81. The van der Waals surface area contributed by atoms with Crippen LogP contribution in [0.1, 0.15) is 17.3 Å². The summed E-state index contributed by atoms with van der Waals surface area (Å²) in [6.07, 6.45) is 0. The molecule has 0 heterocycles. The lowest BCUT2D eigenvalue weighted by Crippen LogP contribution is -2.03. The number of carbonyl (C=O) groups is 1. The maximum atomic E-state index is 11.5. The van der Waals surface area contributed by atoms with Crippen molar-refractivity contribution in [3.63, 3.8) is 0 Å².